The second kappa shape index (κ2) is 20.9. The van der Waals surface area contributed by atoms with E-state index in [1.165, 1.54) is 86.1 Å². The van der Waals surface area contributed by atoms with Gasteiger partial charge in [0, 0.05) is 19.2 Å². The Morgan fingerprint density at radius 2 is 1.57 bits per heavy atom. The van der Waals surface area contributed by atoms with Crippen LogP contribution in [0.4, 0.5) is 5.69 Å². The van der Waals surface area contributed by atoms with Gasteiger partial charge in [-0.25, -0.2) is 4.98 Å². The molecule has 42 heavy (non-hydrogen) atoms. The molecular formula is C35H50BrClN2O2S. The fourth-order valence-electron chi connectivity index (χ4n) is 5.19. The molecule has 4 nitrogen and oxygen atoms in total. The van der Waals surface area contributed by atoms with Crippen molar-refractivity contribution in [2.75, 3.05) is 18.1 Å². The summed E-state index contributed by atoms with van der Waals surface area (Å²) >= 11 is 8.22. The minimum Gasteiger partial charge on any atom is -1.00 e. The van der Waals surface area contributed by atoms with Crippen LogP contribution < -0.4 is 31.6 Å². The molecule has 232 valence electrons. The largest absolute Gasteiger partial charge is 1.00 e. The first-order chi connectivity index (χ1) is 20.0. The van der Waals surface area contributed by atoms with Gasteiger partial charge in [-0.05, 0) is 55.2 Å². The lowest BCUT2D eigenvalue weighted by Gasteiger charge is -2.22. The molecule has 0 bridgehead atoms. The number of nitrogens with zero attached hydrogens (tertiary/aromatic N) is 1. The van der Waals surface area contributed by atoms with E-state index in [2.05, 4.69) is 31.0 Å². The van der Waals surface area contributed by atoms with Gasteiger partial charge in [0.2, 0.25) is 10.9 Å². The lowest BCUT2D eigenvalue weighted by Crippen LogP contribution is -3.00. The minimum absolute atomic E-state index is 0. The van der Waals surface area contributed by atoms with E-state index >= 15 is 0 Å². The summed E-state index contributed by atoms with van der Waals surface area (Å²) in [6, 6.07) is 14.3. The summed E-state index contributed by atoms with van der Waals surface area (Å²) in [7, 11) is 0. The normalized spacial score (nSPS) is 10.9. The molecule has 0 unspecified atom stereocenters. The third-order valence-corrected chi connectivity index (χ3v) is 8.82. The molecule has 1 amide bonds. The third kappa shape index (κ3) is 13.6. The molecule has 0 spiro atoms. The first-order valence-corrected chi connectivity index (χ1v) is 16.9. The maximum absolute atomic E-state index is 12.6. The Kier molecular flexibility index (Phi) is 18.1. The summed E-state index contributed by atoms with van der Waals surface area (Å²) in [5.74, 6) is 0.782. The number of benzene rings is 2. The van der Waals surface area contributed by atoms with Crippen molar-refractivity contribution >= 4 is 34.5 Å². The maximum atomic E-state index is 12.6. The minimum atomic E-state index is 0. The van der Waals surface area contributed by atoms with Crippen molar-refractivity contribution in [2.45, 2.75) is 111 Å². The van der Waals surface area contributed by atoms with Crippen LogP contribution in [0.25, 0.3) is 0 Å². The molecule has 7 heteroatoms. The van der Waals surface area contributed by atoms with Gasteiger partial charge in [0.25, 0.3) is 0 Å². The van der Waals surface area contributed by atoms with Gasteiger partial charge < -0.3 is 26.6 Å². The van der Waals surface area contributed by atoms with Crippen LogP contribution >= 0.6 is 22.9 Å². The second-order valence-corrected chi connectivity index (χ2v) is 12.9. The molecule has 0 aliphatic heterocycles. The number of nitrogens with one attached hydrogen (secondary N) is 1. The number of aromatic amines is 1. The van der Waals surface area contributed by atoms with Gasteiger partial charge in [-0.3, -0.25) is 4.79 Å². The zero-order valence-corrected chi connectivity index (χ0v) is 29.0. The summed E-state index contributed by atoms with van der Waals surface area (Å²) in [6.07, 6.45) is 19.5. The third-order valence-electron chi connectivity index (χ3n) is 7.56. The van der Waals surface area contributed by atoms with E-state index in [4.69, 9.17) is 16.3 Å². The van der Waals surface area contributed by atoms with Gasteiger partial charge in [-0.2, -0.15) is 0 Å². The topological polar surface area (TPSA) is 43.7 Å². The Labute approximate surface area is 274 Å². The van der Waals surface area contributed by atoms with E-state index in [1.807, 2.05) is 41.4 Å². The van der Waals surface area contributed by atoms with Crippen LogP contribution in [0.2, 0.25) is 5.02 Å². The Morgan fingerprint density at radius 3 is 2.19 bits per heavy atom. The van der Waals surface area contributed by atoms with Gasteiger partial charge in [-0.15, -0.1) is 0 Å². The van der Waals surface area contributed by atoms with E-state index in [-0.39, 0.29) is 22.9 Å². The van der Waals surface area contributed by atoms with Crippen LogP contribution in [0.3, 0.4) is 0 Å². The van der Waals surface area contributed by atoms with Gasteiger partial charge in [0.15, 0.2) is 6.20 Å². The molecule has 1 aromatic heterocycles. The lowest BCUT2D eigenvalue weighted by molar-refractivity contribution is -0.381. The van der Waals surface area contributed by atoms with Gasteiger partial charge in [0.1, 0.15) is 5.75 Å². The monoisotopic (exact) mass is 676 g/mol. The molecule has 2 aromatic carbocycles. The molecule has 0 saturated carbocycles. The Balaban J connectivity index is 0.00000616. The Bertz CT molecular complexity index is 1190. The first-order valence-electron chi connectivity index (χ1n) is 15.7. The zero-order chi connectivity index (χ0) is 29.3. The highest BCUT2D eigenvalue weighted by Gasteiger charge is 2.14. The Hall–Kier alpha value is -1.89. The molecule has 0 radical (unpaired) electrons. The van der Waals surface area contributed by atoms with Crippen LogP contribution in [0.1, 0.15) is 112 Å². The molecule has 0 fully saturated rings. The number of H-pyrrole nitrogens is 1. The van der Waals surface area contributed by atoms with E-state index in [9.17, 15) is 4.79 Å². The molecule has 3 rings (SSSR count). The number of anilines is 1. The number of carbonyl (C=O) groups excluding carboxylic acids is 1. The maximum Gasteiger partial charge on any atom is 0.240 e. The molecule has 0 aliphatic rings. The van der Waals surface area contributed by atoms with Crippen molar-refractivity contribution in [2.24, 2.45) is 0 Å². The number of thiazole rings is 1. The number of hydrogen-bond donors (Lipinski definition) is 0. The Morgan fingerprint density at radius 1 is 0.905 bits per heavy atom. The number of rotatable bonds is 20. The van der Waals surface area contributed by atoms with Crippen molar-refractivity contribution in [3.63, 3.8) is 0 Å². The lowest BCUT2D eigenvalue weighted by atomic mass is 10.1. The number of unbranched alkanes of at least 4 members (excludes halogenated alkanes) is 11. The van der Waals surface area contributed by atoms with Crippen LogP contribution in [0, 0.1) is 6.92 Å². The molecule has 0 aliphatic carbocycles. The van der Waals surface area contributed by atoms with E-state index in [0.29, 0.717) is 18.2 Å². The van der Waals surface area contributed by atoms with Gasteiger partial charge in [-0.1, -0.05) is 119 Å². The van der Waals surface area contributed by atoms with Crippen molar-refractivity contribution < 1.29 is 31.5 Å². The summed E-state index contributed by atoms with van der Waals surface area (Å²) in [6.45, 7) is 7.30. The van der Waals surface area contributed by atoms with Crippen LogP contribution in [0.5, 0.6) is 5.75 Å². The van der Waals surface area contributed by atoms with E-state index in [0.717, 1.165) is 36.3 Å². The van der Waals surface area contributed by atoms with Gasteiger partial charge >= 0.3 is 0 Å². The summed E-state index contributed by atoms with van der Waals surface area (Å²) in [4.78, 5) is 19.0. The first kappa shape index (κ1) is 36.3. The van der Waals surface area contributed by atoms with Crippen molar-refractivity contribution in [1.29, 1.82) is 0 Å². The average molecular weight is 678 g/mol. The fourth-order valence-corrected chi connectivity index (χ4v) is 6.23. The van der Waals surface area contributed by atoms with Crippen molar-refractivity contribution in [3.05, 3.63) is 74.7 Å². The predicted molar refractivity (Wildman–Crippen MR) is 175 cm³/mol. The number of amides is 1. The molecule has 1 heterocycles. The number of carbonyl (C=O) groups is 1. The second-order valence-electron chi connectivity index (χ2n) is 11.2. The number of aromatic nitrogens is 1. The summed E-state index contributed by atoms with van der Waals surface area (Å²) < 4.78 is 6.07. The van der Waals surface area contributed by atoms with Crippen molar-refractivity contribution in [3.8, 4) is 5.75 Å². The molecular weight excluding hydrogens is 628 g/mol. The SMILES string of the molecule is CCCCCCCCCCCCCCOc1cc(CCN(C(C)=O)c2cccc(Cc3[nH+]cc(C)s3)c2)ccc1Cl.[Br-]. The number of hydrogen-bond acceptors (Lipinski definition) is 3. The zero-order valence-electron chi connectivity index (χ0n) is 25.9. The highest BCUT2D eigenvalue weighted by Crippen LogP contribution is 2.27. The molecule has 1 N–H and O–H groups in total. The standard InChI is InChI=1S/C35H49ClN2O2S.BrH/c1-4-5-6-7-8-9-10-11-12-13-14-15-23-40-34-25-30(19-20-33(34)36)21-22-38(29(3)39)32-18-16-17-31(24-32)26-35-37-27-28(2)41-35;/h16-20,24-25,27H,4-15,21-23,26H2,1-3H3;1H. The summed E-state index contributed by atoms with van der Waals surface area (Å²) in [5.41, 5.74) is 3.23. The van der Waals surface area contributed by atoms with E-state index < -0.39 is 0 Å². The molecule has 3 aromatic rings. The highest BCUT2D eigenvalue weighted by molar-refractivity contribution is 7.11. The smallest absolute Gasteiger partial charge is 0.240 e. The molecule has 0 atom stereocenters. The molecule has 0 saturated heterocycles. The quantitative estimate of drug-likeness (QED) is 0.124. The average Bonchev–Trinajstić information content (AvgIpc) is 3.37. The van der Waals surface area contributed by atoms with E-state index in [1.54, 1.807) is 18.3 Å². The van der Waals surface area contributed by atoms with Gasteiger partial charge in [0.05, 0.1) is 22.9 Å². The predicted octanol–water partition coefficient (Wildman–Crippen LogP) is 6.79. The van der Waals surface area contributed by atoms with Crippen LogP contribution in [-0.2, 0) is 17.6 Å². The van der Waals surface area contributed by atoms with Crippen LogP contribution in [0.15, 0.2) is 48.7 Å². The highest BCUT2D eigenvalue weighted by atomic mass is 79.9. The van der Waals surface area contributed by atoms with Crippen LogP contribution in [-0.4, -0.2) is 19.1 Å². The number of ether oxygens (including phenoxy) is 1. The summed E-state index contributed by atoms with van der Waals surface area (Å²) in [5, 5.41) is 1.86. The van der Waals surface area contributed by atoms with Crippen molar-refractivity contribution in [1.82, 2.24) is 0 Å². The fraction of sp³-hybridized carbons (Fsp3) is 0.543. The number of aryl methyl sites for hydroxylation is 1. The number of halogens is 2.